The van der Waals surface area contributed by atoms with E-state index in [1.165, 1.54) is 38.8 Å². The van der Waals surface area contributed by atoms with E-state index in [1.807, 2.05) is 0 Å². The van der Waals surface area contributed by atoms with Crippen molar-refractivity contribution in [1.82, 2.24) is 5.32 Å². The van der Waals surface area contributed by atoms with E-state index in [1.54, 1.807) is 11.1 Å². The average Bonchev–Trinajstić information content (AvgIpc) is 2.74. The van der Waals surface area contributed by atoms with Gasteiger partial charge in [0.05, 0.1) is 0 Å². The van der Waals surface area contributed by atoms with E-state index in [9.17, 15) is 0 Å². The Kier molecular flexibility index (Phi) is 2.49. The molecule has 0 radical (unpaired) electrons. The van der Waals surface area contributed by atoms with Gasteiger partial charge in [-0.2, -0.15) is 0 Å². The third kappa shape index (κ3) is 1.69. The fraction of sp³-hybridized carbons (Fsp3) is 0.571. The third-order valence-electron chi connectivity index (χ3n) is 4.08. The van der Waals surface area contributed by atoms with Crippen LogP contribution < -0.4 is 5.32 Å². The van der Waals surface area contributed by atoms with Gasteiger partial charge in [-0.3, -0.25) is 0 Å². The van der Waals surface area contributed by atoms with E-state index in [4.69, 9.17) is 0 Å². The van der Waals surface area contributed by atoms with E-state index in [2.05, 4.69) is 29.6 Å². The average molecular weight is 201 g/mol. The number of fused-ring (bicyclic) bond motifs is 1. The van der Waals surface area contributed by atoms with Crippen LogP contribution in [0.25, 0.3) is 0 Å². The van der Waals surface area contributed by atoms with Crippen LogP contribution in [0.2, 0.25) is 0 Å². The molecule has 1 fully saturated rings. The first-order chi connectivity index (χ1) is 7.45. The predicted molar refractivity (Wildman–Crippen MR) is 63.1 cm³/mol. The molecule has 15 heavy (non-hydrogen) atoms. The molecule has 0 bridgehead atoms. The Balaban J connectivity index is 1.83. The molecule has 2 aliphatic rings. The lowest BCUT2D eigenvalue weighted by Gasteiger charge is -2.28. The highest BCUT2D eigenvalue weighted by Gasteiger charge is 2.29. The summed E-state index contributed by atoms with van der Waals surface area (Å²) in [7, 11) is 0. The lowest BCUT2D eigenvalue weighted by atomic mass is 9.82. The lowest BCUT2D eigenvalue weighted by Crippen LogP contribution is -2.32. The summed E-state index contributed by atoms with van der Waals surface area (Å²) in [5, 5.41) is 3.54. The van der Waals surface area contributed by atoms with Crippen LogP contribution >= 0.6 is 0 Å². The van der Waals surface area contributed by atoms with Gasteiger partial charge >= 0.3 is 0 Å². The molecule has 1 aromatic rings. The van der Waals surface area contributed by atoms with E-state index in [0.717, 1.165) is 11.8 Å². The monoisotopic (exact) mass is 201 g/mol. The normalized spacial score (nSPS) is 30.1. The van der Waals surface area contributed by atoms with Crippen LogP contribution in [0.1, 0.15) is 36.3 Å². The molecule has 3 rings (SSSR count). The maximum absolute atomic E-state index is 3.54. The van der Waals surface area contributed by atoms with Crippen molar-refractivity contribution in [2.24, 2.45) is 5.92 Å². The van der Waals surface area contributed by atoms with Crippen molar-refractivity contribution in [3.63, 3.8) is 0 Å². The first-order valence-electron chi connectivity index (χ1n) is 6.23. The summed E-state index contributed by atoms with van der Waals surface area (Å²) < 4.78 is 0. The fourth-order valence-electron chi connectivity index (χ4n) is 3.30. The summed E-state index contributed by atoms with van der Waals surface area (Å²) in [6.07, 6.45) is 5.47. The van der Waals surface area contributed by atoms with Gasteiger partial charge in [-0.25, -0.2) is 0 Å². The second kappa shape index (κ2) is 3.97. The molecule has 1 aliphatic heterocycles. The summed E-state index contributed by atoms with van der Waals surface area (Å²) in [4.78, 5) is 0. The molecule has 0 spiro atoms. The van der Waals surface area contributed by atoms with Gasteiger partial charge in [-0.1, -0.05) is 24.3 Å². The molecule has 0 amide bonds. The molecule has 1 N–H and O–H groups in total. The van der Waals surface area contributed by atoms with Crippen molar-refractivity contribution in [2.75, 3.05) is 13.1 Å². The van der Waals surface area contributed by atoms with Gasteiger partial charge < -0.3 is 5.32 Å². The number of benzene rings is 1. The topological polar surface area (TPSA) is 12.0 Å². The summed E-state index contributed by atoms with van der Waals surface area (Å²) in [6, 6.07) is 9.04. The van der Waals surface area contributed by atoms with Crippen LogP contribution in [0.5, 0.6) is 0 Å². The SMILES string of the molecule is c1ccc2c(c1)CCC2C1CCCNC1. The predicted octanol–water partition coefficient (Wildman–Crippen LogP) is 2.72. The number of nitrogens with one attached hydrogen (secondary N) is 1. The smallest absolute Gasteiger partial charge is 0.00147 e. The number of hydrogen-bond donors (Lipinski definition) is 1. The zero-order chi connectivity index (χ0) is 10.1. The second-order valence-corrected chi connectivity index (χ2v) is 4.95. The van der Waals surface area contributed by atoms with E-state index >= 15 is 0 Å². The zero-order valence-electron chi connectivity index (χ0n) is 9.21. The van der Waals surface area contributed by atoms with Crippen LogP contribution in [-0.2, 0) is 6.42 Å². The molecule has 2 atom stereocenters. The Hall–Kier alpha value is -0.820. The molecule has 0 aromatic heterocycles. The van der Waals surface area contributed by atoms with Crippen LogP contribution in [0.3, 0.4) is 0 Å². The molecule has 1 saturated heterocycles. The number of hydrogen-bond acceptors (Lipinski definition) is 1. The zero-order valence-corrected chi connectivity index (χ0v) is 9.21. The van der Waals surface area contributed by atoms with Gasteiger partial charge in [0.1, 0.15) is 0 Å². The Bertz CT molecular complexity index is 339. The quantitative estimate of drug-likeness (QED) is 0.736. The number of aryl methyl sites for hydroxylation is 1. The molecule has 1 aromatic carbocycles. The van der Waals surface area contributed by atoms with Crippen molar-refractivity contribution in [1.29, 1.82) is 0 Å². The molecule has 0 saturated carbocycles. The Labute approximate surface area is 91.9 Å². The Morgan fingerprint density at radius 1 is 1.13 bits per heavy atom. The number of piperidine rings is 1. The van der Waals surface area contributed by atoms with Gasteiger partial charge in [0.2, 0.25) is 0 Å². The molecule has 2 unspecified atom stereocenters. The molecule has 1 aliphatic carbocycles. The Morgan fingerprint density at radius 3 is 2.93 bits per heavy atom. The van der Waals surface area contributed by atoms with Crippen molar-refractivity contribution in [2.45, 2.75) is 31.6 Å². The molecular formula is C14H19N. The molecule has 1 heterocycles. The second-order valence-electron chi connectivity index (χ2n) is 4.95. The summed E-state index contributed by atoms with van der Waals surface area (Å²) in [5.74, 6) is 1.73. The van der Waals surface area contributed by atoms with Gasteiger partial charge in [-0.15, -0.1) is 0 Å². The van der Waals surface area contributed by atoms with Crippen LogP contribution in [0, 0.1) is 5.92 Å². The molecule has 1 nitrogen and oxygen atoms in total. The highest BCUT2D eigenvalue weighted by molar-refractivity contribution is 5.35. The van der Waals surface area contributed by atoms with Crippen LogP contribution in [-0.4, -0.2) is 13.1 Å². The summed E-state index contributed by atoms with van der Waals surface area (Å²) in [5.41, 5.74) is 3.25. The first-order valence-corrected chi connectivity index (χ1v) is 6.23. The Morgan fingerprint density at radius 2 is 2.07 bits per heavy atom. The summed E-state index contributed by atoms with van der Waals surface area (Å²) in [6.45, 7) is 2.46. The summed E-state index contributed by atoms with van der Waals surface area (Å²) >= 11 is 0. The van der Waals surface area contributed by atoms with E-state index in [-0.39, 0.29) is 0 Å². The van der Waals surface area contributed by atoms with Gasteiger partial charge in [0.25, 0.3) is 0 Å². The lowest BCUT2D eigenvalue weighted by molar-refractivity contribution is 0.321. The maximum Gasteiger partial charge on any atom is -0.00147 e. The molecule has 1 heteroatoms. The van der Waals surface area contributed by atoms with Crippen molar-refractivity contribution < 1.29 is 0 Å². The van der Waals surface area contributed by atoms with Crippen molar-refractivity contribution in [3.8, 4) is 0 Å². The van der Waals surface area contributed by atoms with Crippen molar-refractivity contribution in [3.05, 3.63) is 35.4 Å². The van der Waals surface area contributed by atoms with E-state index in [0.29, 0.717) is 0 Å². The highest BCUT2D eigenvalue weighted by atomic mass is 14.9. The minimum absolute atomic E-state index is 0.842. The van der Waals surface area contributed by atoms with Crippen LogP contribution in [0.4, 0.5) is 0 Å². The first kappa shape index (κ1) is 9.41. The van der Waals surface area contributed by atoms with Crippen molar-refractivity contribution >= 4 is 0 Å². The van der Waals surface area contributed by atoms with Gasteiger partial charge in [-0.05, 0) is 61.7 Å². The minimum Gasteiger partial charge on any atom is -0.316 e. The molecule has 80 valence electrons. The minimum atomic E-state index is 0.842. The number of rotatable bonds is 1. The van der Waals surface area contributed by atoms with Crippen LogP contribution in [0.15, 0.2) is 24.3 Å². The largest absolute Gasteiger partial charge is 0.316 e. The third-order valence-corrected chi connectivity index (χ3v) is 4.08. The highest BCUT2D eigenvalue weighted by Crippen LogP contribution is 2.40. The standard InChI is InChI=1S/C14H19N/c1-2-6-13-11(4-1)7-8-14(13)12-5-3-9-15-10-12/h1-2,4,6,12,14-15H,3,5,7-10H2. The molecular weight excluding hydrogens is 182 g/mol. The van der Waals surface area contributed by atoms with E-state index < -0.39 is 0 Å². The van der Waals surface area contributed by atoms with Gasteiger partial charge in [0, 0.05) is 0 Å². The maximum atomic E-state index is 3.54. The van der Waals surface area contributed by atoms with Gasteiger partial charge in [0.15, 0.2) is 0 Å². The fourth-order valence-corrected chi connectivity index (χ4v) is 3.30.